The maximum atomic E-state index is 12.7. The molecule has 440 valence electrons. The Bertz CT molecular complexity index is 1980. The van der Waals surface area contributed by atoms with E-state index in [9.17, 15) is 19.2 Å². The zero-order valence-corrected chi connectivity index (χ0v) is 57.6. The molecule has 5 aliphatic rings. The van der Waals surface area contributed by atoms with Crippen LogP contribution in [0.1, 0.15) is 167 Å². The van der Waals surface area contributed by atoms with Gasteiger partial charge in [-0.15, -0.1) is 5.06 Å². The summed E-state index contributed by atoms with van der Waals surface area (Å²) in [6.45, 7) is 21.9. The number of nitrogens with two attached hydrogens (primary N) is 1. The molecule has 21 heteroatoms. The second kappa shape index (κ2) is 41.3. The number of hydrogen-bond acceptors (Lipinski definition) is 13. The Labute approximate surface area is 516 Å². The van der Waals surface area contributed by atoms with Crippen molar-refractivity contribution in [2.45, 2.75) is 188 Å². The van der Waals surface area contributed by atoms with E-state index in [1.165, 1.54) is 50.5 Å². The van der Waals surface area contributed by atoms with Crippen molar-refractivity contribution in [2.24, 2.45) is 5.73 Å². The Kier molecular flexibility index (Phi) is 38.8. The van der Waals surface area contributed by atoms with Crippen LogP contribution < -0.4 is 30.0 Å². The number of hydroxylamine groups is 2. The van der Waals surface area contributed by atoms with Gasteiger partial charge in [-0.25, -0.2) is 4.79 Å². The molecule has 0 saturated carbocycles. The van der Waals surface area contributed by atoms with Gasteiger partial charge in [0.1, 0.15) is 26.4 Å². The van der Waals surface area contributed by atoms with E-state index in [2.05, 4.69) is 156 Å². The van der Waals surface area contributed by atoms with Crippen molar-refractivity contribution in [3.8, 4) is 23.0 Å². The third-order valence-electron chi connectivity index (χ3n) is 13.3. The van der Waals surface area contributed by atoms with E-state index in [4.69, 9.17) is 33.9 Å². The molecule has 4 atom stereocenters. The Morgan fingerprint density at radius 3 is 1.58 bits per heavy atom. The van der Waals surface area contributed by atoms with Crippen LogP contribution in [-0.2, 0) is 33.4 Å². The molecule has 77 heavy (non-hydrogen) atoms. The first-order valence-electron chi connectivity index (χ1n) is 27.7. The van der Waals surface area contributed by atoms with Gasteiger partial charge in [-0.2, -0.15) is 0 Å². The van der Waals surface area contributed by atoms with Crippen LogP contribution in [0.25, 0.3) is 0 Å². The number of imide groups is 1. The molecule has 0 aliphatic carbocycles. The van der Waals surface area contributed by atoms with Gasteiger partial charge in [0.15, 0.2) is 31.3 Å². The minimum atomic E-state index is -1.73. The number of unbranched alkanes of at least 4 members (excludes halogenated alkanes) is 8. The van der Waals surface area contributed by atoms with Crippen LogP contribution in [0.5, 0.6) is 23.0 Å². The van der Waals surface area contributed by atoms with Crippen molar-refractivity contribution in [2.75, 3.05) is 70.6 Å². The number of carbonyl (C=O) groups excluding carboxylic acids is 4. The topological polar surface area (TPSA) is 171 Å². The van der Waals surface area contributed by atoms with E-state index >= 15 is 0 Å². The number of halogens is 4. The summed E-state index contributed by atoms with van der Waals surface area (Å²) < 4.78 is 29.3. The van der Waals surface area contributed by atoms with Crippen molar-refractivity contribution < 1.29 is 52.3 Å². The number of rotatable bonds is 24. The van der Waals surface area contributed by atoms with E-state index in [1.807, 2.05) is 23.1 Å². The number of amides is 3. The predicted molar refractivity (Wildman–Crippen MR) is 344 cm³/mol. The molecule has 0 radical (unpaired) electrons. The van der Waals surface area contributed by atoms with Gasteiger partial charge in [-0.05, 0) is 125 Å². The van der Waals surface area contributed by atoms with Crippen LogP contribution in [0, 0.1) is 0 Å². The van der Waals surface area contributed by atoms with Crippen LogP contribution in [-0.4, -0.2) is 130 Å². The molecule has 3 N–H and O–H groups in total. The number of alkyl halides is 1. The van der Waals surface area contributed by atoms with Crippen molar-refractivity contribution >= 4 is 115 Å². The van der Waals surface area contributed by atoms with Gasteiger partial charge in [0.2, 0.25) is 5.91 Å². The fourth-order valence-corrected chi connectivity index (χ4v) is 10.4. The SMILES string of the molecule is C.CCCCCCCC(=O)N[C@H](CN1CCCC1)[C@H](C)c1ccc2c(c1)OCCO2.CCCCCCCC(=O)ON1C(=O)CCC1=O.CI.C[Si](C)(C)O[C@H](c1ccc2c(c1)OCCO2)[C@H](N)CN1CCCC1.[I][V]([I])[I]. The molecule has 0 bridgehead atoms. The van der Waals surface area contributed by atoms with Crippen molar-refractivity contribution in [3.63, 3.8) is 0 Å². The number of carbonyl (C=O) groups is 4. The molecule has 7 rings (SSSR count). The monoisotopic (exact) mass is 1580 g/mol. The standard InChI is InChI=1S/C24H38N2O3.C18H30N2O3Si.C12H19NO4.CH3I.CH4.3HI.V/c1-3-4-5-6-7-10-24(27)25-21(18-26-13-8-9-14-26)19(2)20-11-12-22-23(17-20)29-16-15-28-22;1-24(2,3)23-18(15(19)13-20-8-4-5-9-20)14-6-7-16-17(12-14)22-11-10-21-16;1-2-3-4-5-6-7-12(16)17-13-10(14)8-9-11(13)15;1-2;;;;;/h11-12,17,19,21H,3-10,13-16,18H2,1-2H3,(H,25,27);6-7,12,15,18H,4-5,8-11,13,19H2,1-3H3;2-9H2,1H3;1H3;1H4;3*1H;/q;;;;;;;;+3/p-3/t19-,21-;15-,18-;;;;;;;/m11......./s1. The van der Waals surface area contributed by atoms with Crippen molar-refractivity contribution in [1.82, 2.24) is 20.2 Å². The Morgan fingerprint density at radius 2 is 1.10 bits per heavy atom. The zero-order valence-electron chi connectivity index (χ0n) is 46.5. The van der Waals surface area contributed by atoms with Crippen LogP contribution in [0.2, 0.25) is 19.6 Å². The number of benzene rings is 2. The zero-order chi connectivity index (χ0) is 55.9. The average molecular weight is 1580 g/mol. The molecule has 3 saturated heterocycles. The Morgan fingerprint density at radius 1 is 0.675 bits per heavy atom. The normalized spacial score (nSPS) is 17.4. The molecule has 0 unspecified atom stereocenters. The molecular formula is C56H94I4N5O10SiV. The van der Waals surface area contributed by atoms with Gasteiger partial charge in [0.05, 0.1) is 6.10 Å². The molecule has 5 aliphatic heterocycles. The summed E-state index contributed by atoms with van der Waals surface area (Å²) >= 11 is 9.54. The molecule has 5 heterocycles. The summed E-state index contributed by atoms with van der Waals surface area (Å²) in [4.78, 5) is 57.7. The van der Waals surface area contributed by atoms with Gasteiger partial charge in [-0.1, -0.05) is 114 Å². The van der Waals surface area contributed by atoms with E-state index in [1.54, 1.807) is 0 Å². The Balaban J connectivity index is 0.000000383. The van der Waals surface area contributed by atoms with Crippen LogP contribution in [0.4, 0.5) is 0 Å². The molecule has 0 aromatic heterocycles. The first-order chi connectivity index (χ1) is 36.5. The molecule has 15 nitrogen and oxygen atoms in total. The Hall–Kier alpha value is -0.719. The third kappa shape index (κ3) is 29.4. The minimum absolute atomic E-state index is 0. The summed E-state index contributed by atoms with van der Waals surface area (Å²) in [6.07, 6.45) is 17.2. The van der Waals surface area contributed by atoms with E-state index < -0.39 is 26.1 Å². The second-order valence-electron chi connectivity index (χ2n) is 20.7. The quantitative estimate of drug-likeness (QED) is 0.0335. The van der Waals surface area contributed by atoms with E-state index in [0.717, 1.165) is 113 Å². The van der Waals surface area contributed by atoms with Gasteiger partial charge in [0, 0.05) is 56.8 Å². The maximum absolute atomic E-state index is 12.7. The first-order valence-corrected chi connectivity index (χ1v) is 46.7. The number of ether oxygens (including phenoxy) is 4. The van der Waals surface area contributed by atoms with Gasteiger partial charge < -0.3 is 49.1 Å². The molecule has 3 fully saturated rings. The summed E-state index contributed by atoms with van der Waals surface area (Å²) in [6, 6.07) is 12.4. The van der Waals surface area contributed by atoms with Crippen LogP contribution in [0.15, 0.2) is 36.4 Å². The predicted octanol–water partition coefficient (Wildman–Crippen LogP) is 13.6. The summed E-state index contributed by atoms with van der Waals surface area (Å²) in [5, 5.41) is 3.97. The van der Waals surface area contributed by atoms with E-state index in [0.29, 0.717) is 37.9 Å². The average Bonchev–Trinajstić information content (AvgIpc) is 4.19. The summed E-state index contributed by atoms with van der Waals surface area (Å²) in [5.41, 5.74) is 8.88. The van der Waals surface area contributed by atoms with Crippen molar-refractivity contribution in [1.29, 1.82) is 0 Å². The molecule has 2 aromatic rings. The number of nitrogens with one attached hydrogen (secondary N) is 1. The van der Waals surface area contributed by atoms with Gasteiger partial charge >= 0.3 is 70.8 Å². The number of fused-ring (bicyclic) bond motifs is 2. The number of likely N-dealkylation sites (tertiary alicyclic amines) is 2. The molecule has 2 aromatic carbocycles. The summed E-state index contributed by atoms with van der Waals surface area (Å²) in [7, 11) is -1.73. The van der Waals surface area contributed by atoms with Crippen molar-refractivity contribution in [3.05, 3.63) is 47.5 Å². The second-order valence-corrected chi connectivity index (χ2v) is 60.5. The van der Waals surface area contributed by atoms with Gasteiger partial charge in [-0.3, -0.25) is 14.4 Å². The fraction of sp³-hybridized carbons (Fsp3) is 0.714. The number of hydrogen-bond donors (Lipinski definition) is 2. The molecule has 3 amide bonds. The van der Waals surface area contributed by atoms with Crippen LogP contribution in [0.3, 0.4) is 0 Å². The first kappa shape index (κ1) is 72.4. The van der Waals surface area contributed by atoms with Crippen LogP contribution >= 0.6 is 82.5 Å². The third-order valence-corrected chi connectivity index (χ3v) is 14.3. The molecular weight excluding hydrogens is 1490 g/mol. The van der Waals surface area contributed by atoms with E-state index in [-0.39, 0.29) is 61.6 Å². The van der Waals surface area contributed by atoms with Gasteiger partial charge in [0.25, 0.3) is 11.8 Å². The fourth-order valence-electron chi connectivity index (χ4n) is 9.37. The number of nitrogens with zero attached hydrogens (tertiary/aromatic N) is 3. The summed E-state index contributed by atoms with van der Waals surface area (Å²) in [5.74, 6) is 2.32. The molecule has 0 spiro atoms.